The molecule has 1 fully saturated rings. The normalized spacial score (nSPS) is 25.0. The van der Waals surface area contributed by atoms with E-state index >= 15 is 0 Å². The molecular weight excluding hydrogens is 214 g/mol. The van der Waals surface area contributed by atoms with Gasteiger partial charge in [-0.15, -0.1) is 0 Å². The molecule has 1 unspecified atom stereocenters. The summed E-state index contributed by atoms with van der Waals surface area (Å²) in [6.07, 6.45) is 6.93. The second kappa shape index (κ2) is 5.98. The average molecular weight is 234 g/mol. The van der Waals surface area contributed by atoms with Crippen LogP contribution in [0.25, 0.3) is 0 Å². The van der Waals surface area contributed by atoms with Crippen molar-refractivity contribution in [1.82, 2.24) is 4.90 Å². The maximum Gasteiger partial charge on any atom is 0.0193 e. The van der Waals surface area contributed by atoms with Gasteiger partial charge < -0.3 is 0 Å². The maximum atomic E-state index is 3.58. The Morgan fingerprint density at radius 1 is 1.42 bits per heavy atom. The highest BCUT2D eigenvalue weighted by atomic mass is 79.9. The summed E-state index contributed by atoms with van der Waals surface area (Å²) in [5, 5.41) is 1.17. The van der Waals surface area contributed by atoms with Gasteiger partial charge in [0.2, 0.25) is 0 Å². The van der Waals surface area contributed by atoms with E-state index in [4.69, 9.17) is 0 Å². The van der Waals surface area contributed by atoms with E-state index in [1.165, 1.54) is 50.5 Å². The van der Waals surface area contributed by atoms with Crippen LogP contribution in [-0.2, 0) is 0 Å². The van der Waals surface area contributed by atoms with Crippen LogP contribution < -0.4 is 0 Å². The van der Waals surface area contributed by atoms with E-state index in [1.54, 1.807) is 0 Å². The Morgan fingerprint density at radius 2 is 2.25 bits per heavy atom. The molecule has 1 aliphatic heterocycles. The molecule has 0 aliphatic carbocycles. The Kier molecular flexibility index (Phi) is 5.24. The molecule has 0 bridgehead atoms. The third kappa shape index (κ3) is 3.06. The number of nitrogens with zero attached hydrogens (tertiary/aromatic N) is 1. The van der Waals surface area contributed by atoms with Gasteiger partial charge in [0.25, 0.3) is 0 Å². The van der Waals surface area contributed by atoms with Gasteiger partial charge in [-0.25, -0.2) is 0 Å². The highest BCUT2D eigenvalue weighted by Gasteiger charge is 2.22. The minimum Gasteiger partial charge on any atom is -0.300 e. The Hall–Kier alpha value is 0.440. The SMILES string of the molecule is CCCCCN1CCCC1CBr. The Labute approximate surface area is 84.6 Å². The molecule has 12 heavy (non-hydrogen) atoms. The Morgan fingerprint density at radius 3 is 2.92 bits per heavy atom. The predicted octanol–water partition coefficient (Wildman–Crippen LogP) is 3.04. The fourth-order valence-electron chi connectivity index (χ4n) is 1.93. The molecule has 0 spiro atoms. The smallest absolute Gasteiger partial charge is 0.0193 e. The number of unbranched alkanes of at least 4 members (excludes halogenated alkanes) is 2. The van der Waals surface area contributed by atoms with Crippen molar-refractivity contribution < 1.29 is 0 Å². The van der Waals surface area contributed by atoms with Gasteiger partial charge in [-0.05, 0) is 32.4 Å². The topological polar surface area (TPSA) is 3.24 Å². The first-order chi connectivity index (χ1) is 5.88. The summed E-state index contributed by atoms with van der Waals surface area (Å²) >= 11 is 3.58. The zero-order chi connectivity index (χ0) is 8.81. The van der Waals surface area contributed by atoms with E-state index in [9.17, 15) is 0 Å². The van der Waals surface area contributed by atoms with Crippen LogP contribution in [0.4, 0.5) is 0 Å². The first-order valence-electron chi connectivity index (χ1n) is 5.18. The van der Waals surface area contributed by atoms with E-state index in [2.05, 4.69) is 27.8 Å². The van der Waals surface area contributed by atoms with Crippen LogP contribution in [0, 0.1) is 0 Å². The van der Waals surface area contributed by atoms with Crippen molar-refractivity contribution in [2.75, 3.05) is 18.4 Å². The van der Waals surface area contributed by atoms with Crippen molar-refractivity contribution in [3.8, 4) is 0 Å². The van der Waals surface area contributed by atoms with Crippen LogP contribution in [0.1, 0.15) is 39.0 Å². The zero-order valence-corrected chi connectivity index (χ0v) is 9.65. The highest BCUT2D eigenvalue weighted by molar-refractivity contribution is 9.09. The average Bonchev–Trinajstić information content (AvgIpc) is 2.52. The lowest BCUT2D eigenvalue weighted by Gasteiger charge is -2.22. The van der Waals surface area contributed by atoms with Gasteiger partial charge >= 0.3 is 0 Å². The van der Waals surface area contributed by atoms with Crippen molar-refractivity contribution in [1.29, 1.82) is 0 Å². The monoisotopic (exact) mass is 233 g/mol. The van der Waals surface area contributed by atoms with Crippen molar-refractivity contribution in [3.05, 3.63) is 0 Å². The lowest BCUT2D eigenvalue weighted by atomic mass is 10.2. The molecule has 0 aromatic carbocycles. The van der Waals surface area contributed by atoms with E-state index < -0.39 is 0 Å². The fourth-order valence-corrected chi connectivity index (χ4v) is 2.66. The highest BCUT2D eigenvalue weighted by Crippen LogP contribution is 2.19. The number of hydrogen-bond acceptors (Lipinski definition) is 1. The summed E-state index contributed by atoms with van der Waals surface area (Å²) in [5.74, 6) is 0. The van der Waals surface area contributed by atoms with Gasteiger partial charge in [0.1, 0.15) is 0 Å². The van der Waals surface area contributed by atoms with Crippen molar-refractivity contribution in [2.24, 2.45) is 0 Å². The molecule has 1 atom stereocenters. The zero-order valence-electron chi connectivity index (χ0n) is 8.06. The number of likely N-dealkylation sites (tertiary alicyclic amines) is 1. The van der Waals surface area contributed by atoms with Crippen LogP contribution >= 0.6 is 15.9 Å². The van der Waals surface area contributed by atoms with E-state index in [-0.39, 0.29) is 0 Å². The summed E-state index contributed by atoms with van der Waals surface area (Å²) in [5.41, 5.74) is 0. The lowest BCUT2D eigenvalue weighted by Crippen LogP contribution is -2.31. The van der Waals surface area contributed by atoms with E-state index in [1.807, 2.05) is 0 Å². The number of alkyl halides is 1. The summed E-state index contributed by atoms with van der Waals surface area (Å²) in [6, 6.07) is 0.835. The molecule has 0 amide bonds. The largest absolute Gasteiger partial charge is 0.300 e. The molecular formula is C10H20BrN. The van der Waals surface area contributed by atoms with Gasteiger partial charge in [-0.1, -0.05) is 35.7 Å². The second-order valence-electron chi connectivity index (χ2n) is 3.69. The summed E-state index contributed by atoms with van der Waals surface area (Å²) in [4.78, 5) is 2.64. The van der Waals surface area contributed by atoms with Crippen molar-refractivity contribution >= 4 is 15.9 Å². The molecule has 2 heteroatoms. The summed E-state index contributed by atoms with van der Waals surface area (Å²) < 4.78 is 0. The van der Waals surface area contributed by atoms with E-state index in [0.29, 0.717) is 0 Å². The van der Waals surface area contributed by atoms with Gasteiger partial charge in [0.05, 0.1) is 0 Å². The number of halogens is 1. The van der Waals surface area contributed by atoms with Gasteiger partial charge in [0, 0.05) is 11.4 Å². The Bertz CT molecular complexity index is 116. The molecule has 0 saturated carbocycles. The molecule has 1 saturated heterocycles. The molecule has 0 N–H and O–H groups in total. The number of hydrogen-bond donors (Lipinski definition) is 0. The van der Waals surface area contributed by atoms with Crippen LogP contribution in [0.15, 0.2) is 0 Å². The fraction of sp³-hybridized carbons (Fsp3) is 1.00. The first kappa shape index (κ1) is 10.5. The summed E-state index contributed by atoms with van der Waals surface area (Å²) in [6.45, 7) is 4.93. The first-order valence-corrected chi connectivity index (χ1v) is 6.30. The maximum absolute atomic E-state index is 3.58. The van der Waals surface area contributed by atoms with E-state index in [0.717, 1.165) is 6.04 Å². The molecule has 1 nitrogen and oxygen atoms in total. The molecule has 0 aromatic heterocycles. The van der Waals surface area contributed by atoms with Gasteiger partial charge in [0.15, 0.2) is 0 Å². The van der Waals surface area contributed by atoms with Crippen LogP contribution in [0.2, 0.25) is 0 Å². The predicted molar refractivity (Wildman–Crippen MR) is 57.9 cm³/mol. The molecule has 1 aliphatic rings. The summed E-state index contributed by atoms with van der Waals surface area (Å²) in [7, 11) is 0. The van der Waals surface area contributed by atoms with Crippen LogP contribution in [0.3, 0.4) is 0 Å². The van der Waals surface area contributed by atoms with Crippen LogP contribution in [0.5, 0.6) is 0 Å². The second-order valence-corrected chi connectivity index (χ2v) is 4.34. The third-order valence-corrected chi connectivity index (χ3v) is 3.47. The molecule has 0 radical (unpaired) electrons. The molecule has 0 aromatic rings. The van der Waals surface area contributed by atoms with Gasteiger partial charge in [-0.2, -0.15) is 0 Å². The van der Waals surface area contributed by atoms with Crippen LogP contribution in [-0.4, -0.2) is 29.4 Å². The number of rotatable bonds is 5. The van der Waals surface area contributed by atoms with Crippen molar-refractivity contribution in [3.63, 3.8) is 0 Å². The minimum atomic E-state index is 0.835. The standard InChI is InChI=1S/C10H20BrN/c1-2-3-4-7-12-8-5-6-10(12)9-11/h10H,2-9H2,1H3. The Balaban J connectivity index is 2.12. The quantitative estimate of drug-likeness (QED) is 0.522. The van der Waals surface area contributed by atoms with Gasteiger partial charge in [-0.3, -0.25) is 4.90 Å². The molecule has 1 rings (SSSR count). The third-order valence-electron chi connectivity index (χ3n) is 2.73. The lowest BCUT2D eigenvalue weighted by molar-refractivity contribution is 0.267. The molecule has 1 heterocycles. The molecule has 72 valence electrons. The van der Waals surface area contributed by atoms with Crippen molar-refractivity contribution in [2.45, 2.75) is 45.1 Å². The minimum absolute atomic E-state index is 0.835.